The van der Waals surface area contributed by atoms with Crippen molar-refractivity contribution < 1.29 is 28.3 Å². The number of fused-ring (bicyclic) bond motifs is 2. The Balaban J connectivity index is 2.11. The van der Waals surface area contributed by atoms with Crippen LogP contribution in [0.4, 0.5) is 9.18 Å². The van der Waals surface area contributed by atoms with Gasteiger partial charge < -0.3 is 15.4 Å². The lowest BCUT2D eigenvalue weighted by Gasteiger charge is -2.26. The molecule has 0 aliphatic carbocycles. The van der Waals surface area contributed by atoms with E-state index in [2.05, 4.69) is 4.74 Å². The molecule has 22 heavy (non-hydrogen) atoms. The smallest absolute Gasteiger partial charge is 0.371 e. The van der Waals surface area contributed by atoms with E-state index in [4.69, 9.17) is 10.6 Å². The van der Waals surface area contributed by atoms with E-state index in [-0.39, 0.29) is 6.54 Å². The first-order chi connectivity index (χ1) is 10.2. The lowest BCUT2D eigenvalue weighted by molar-refractivity contribution is -0.226. The maximum Gasteiger partial charge on any atom is 0.371 e. The number of hydrogen-bond donors (Lipinski definition) is 1. The van der Waals surface area contributed by atoms with Gasteiger partial charge in [0, 0.05) is 0 Å². The number of nitrogens with zero attached hydrogens (tertiary/aromatic N) is 2. The van der Waals surface area contributed by atoms with Gasteiger partial charge in [0.2, 0.25) is 5.91 Å². The number of urea groups is 1. The molecule has 3 amide bonds. The first-order valence-electron chi connectivity index (χ1n) is 6.81. The van der Waals surface area contributed by atoms with Crippen LogP contribution >= 0.6 is 0 Å². The molecule has 122 valence electrons. The molecule has 2 bridgehead atoms. The minimum Gasteiger partial charge on any atom is -0.459 e. The molecule has 8 nitrogen and oxygen atoms in total. The molecule has 1 fully saturated rings. The van der Waals surface area contributed by atoms with Crippen molar-refractivity contribution in [3.8, 4) is 0 Å². The molecule has 2 heterocycles. The molecule has 0 radical (unpaired) electrons. The van der Waals surface area contributed by atoms with Crippen LogP contribution in [0.5, 0.6) is 0 Å². The summed E-state index contributed by atoms with van der Waals surface area (Å²) in [6.45, 7) is 4.94. The fraction of sp³-hybridized carbons (Fsp3) is 0.615. The van der Waals surface area contributed by atoms with Crippen molar-refractivity contribution in [2.45, 2.75) is 45.3 Å². The summed E-state index contributed by atoms with van der Waals surface area (Å²) < 4.78 is 18.5. The zero-order valence-electron chi connectivity index (χ0n) is 12.5. The van der Waals surface area contributed by atoms with Gasteiger partial charge in [-0.15, -0.1) is 0 Å². The third-order valence-electron chi connectivity index (χ3n) is 3.40. The van der Waals surface area contributed by atoms with Gasteiger partial charge in [0.15, 0.2) is 0 Å². The largest absolute Gasteiger partial charge is 0.459 e. The van der Waals surface area contributed by atoms with Crippen LogP contribution in [0.25, 0.3) is 0 Å². The number of nitrogens with two attached hydrogens (primary N) is 1. The molecular formula is C13H18FN3O5. The highest BCUT2D eigenvalue weighted by atomic mass is 19.1. The Kier molecular flexibility index (Phi) is 4.36. The van der Waals surface area contributed by atoms with Crippen LogP contribution in [0.3, 0.4) is 0 Å². The van der Waals surface area contributed by atoms with Crippen molar-refractivity contribution in [1.82, 2.24) is 9.96 Å². The average Bonchev–Trinajstić information content (AvgIpc) is 2.68. The molecule has 9 heteroatoms. The van der Waals surface area contributed by atoms with Crippen molar-refractivity contribution in [2.75, 3.05) is 6.54 Å². The molecule has 3 atom stereocenters. The summed E-state index contributed by atoms with van der Waals surface area (Å²) in [5.74, 6) is -1.91. The van der Waals surface area contributed by atoms with E-state index < -0.39 is 42.5 Å². The summed E-state index contributed by atoms with van der Waals surface area (Å²) in [5.41, 5.74) is 5.88. The fourth-order valence-electron chi connectivity index (χ4n) is 2.39. The van der Waals surface area contributed by atoms with Gasteiger partial charge in [-0.2, -0.15) is 5.06 Å². The van der Waals surface area contributed by atoms with Gasteiger partial charge in [0.05, 0.1) is 12.6 Å². The average molecular weight is 315 g/mol. The number of esters is 1. The van der Waals surface area contributed by atoms with Gasteiger partial charge in [-0.1, -0.05) is 6.08 Å². The van der Waals surface area contributed by atoms with Crippen LogP contribution < -0.4 is 5.73 Å². The Morgan fingerprint density at radius 2 is 2.09 bits per heavy atom. The maximum absolute atomic E-state index is 13.8. The number of amides is 3. The van der Waals surface area contributed by atoms with Crippen LogP contribution in [0.2, 0.25) is 0 Å². The van der Waals surface area contributed by atoms with Gasteiger partial charge in [0.25, 0.3) is 0 Å². The monoisotopic (exact) mass is 315 g/mol. The van der Waals surface area contributed by atoms with Crippen LogP contribution in [-0.4, -0.2) is 59.0 Å². The Hall–Kier alpha value is -2.16. The Labute approximate surface area is 126 Å². The van der Waals surface area contributed by atoms with Crippen LogP contribution in [-0.2, 0) is 19.2 Å². The summed E-state index contributed by atoms with van der Waals surface area (Å²) in [7, 11) is 0. The zero-order chi connectivity index (χ0) is 16.6. The predicted octanol–water partition coefficient (Wildman–Crippen LogP) is 0.0852. The lowest BCUT2D eigenvalue weighted by Crippen LogP contribution is -2.46. The van der Waals surface area contributed by atoms with E-state index in [0.717, 1.165) is 5.06 Å². The quantitative estimate of drug-likeness (QED) is 0.572. The van der Waals surface area contributed by atoms with Crippen LogP contribution in [0, 0.1) is 0 Å². The van der Waals surface area contributed by atoms with E-state index in [0.29, 0.717) is 5.57 Å². The topological polar surface area (TPSA) is 102 Å². The summed E-state index contributed by atoms with van der Waals surface area (Å²) in [6, 6.07) is -2.20. The second-order valence-electron chi connectivity index (χ2n) is 5.44. The van der Waals surface area contributed by atoms with E-state index in [1.165, 1.54) is 11.0 Å². The highest BCUT2D eigenvalue weighted by Crippen LogP contribution is 2.30. The predicted molar refractivity (Wildman–Crippen MR) is 71.7 cm³/mol. The molecule has 2 aliphatic rings. The number of ether oxygens (including phenoxy) is 1. The number of primary amides is 1. The van der Waals surface area contributed by atoms with Gasteiger partial charge in [0.1, 0.15) is 12.1 Å². The number of hydrogen-bond acceptors (Lipinski definition) is 5. The first-order valence-corrected chi connectivity index (χ1v) is 6.81. The highest BCUT2D eigenvalue weighted by molar-refractivity contribution is 5.90. The summed E-state index contributed by atoms with van der Waals surface area (Å²) in [5, 5.41) is 0.751. The van der Waals surface area contributed by atoms with Crippen molar-refractivity contribution in [1.29, 1.82) is 0 Å². The van der Waals surface area contributed by atoms with Gasteiger partial charge in [-0.05, 0) is 26.3 Å². The second-order valence-corrected chi connectivity index (χ2v) is 5.44. The number of hydroxylamine groups is 2. The Morgan fingerprint density at radius 3 is 2.64 bits per heavy atom. The lowest BCUT2D eigenvalue weighted by atomic mass is 10.0. The van der Waals surface area contributed by atoms with E-state index >= 15 is 0 Å². The fourth-order valence-corrected chi connectivity index (χ4v) is 2.39. The highest BCUT2D eigenvalue weighted by Gasteiger charge is 2.48. The standard InChI is InChI=1S/C13H18FN3O5/c1-6(2)21-12(19)10(14)22-17-9-5-16(13(17)20)8(11(15)18)4-7(9)3/h4,6,8-10H,5H2,1-3H3,(H2,15,18)/t8-,9-,10-/m0/s1. The SMILES string of the molecule is CC1=C[C@@H](C(N)=O)N2C[C@@H]1N(O[C@H](F)C(=O)OC(C)C)C2=O. The third kappa shape index (κ3) is 2.89. The molecule has 0 saturated carbocycles. The molecule has 0 aromatic rings. The molecular weight excluding hydrogens is 297 g/mol. The summed E-state index contributed by atoms with van der Waals surface area (Å²) in [4.78, 5) is 41.0. The minimum absolute atomic E-state index is 0.140. The first kappa shape index (κ1) is 16.2. The van der Waals surface area contributed by atoms with Gasteiger partial charge in [-0.3, -0.25) is 4.79 Å². The van der Waals surface area contributed by atoms with E-state index in [1.54, 1.807) is 20.8 Å². The van der Waals surface area contributed by atoms with Crippen molar-refractivity contribution in [2.24, 2.45) is 5.73 Å². The van der Waals surface area contributed by atoms with E-state index in [9.17, 15) is 18.8 Å². The normalized spacial score (nSPS) is 25.3. The Morgan fingerprint density at radius 1 is 1.45 bits per heavy atom. The minimum atomic E-state index is -2.42. The maximum atomic E-state index is 13.8. The number of alkyl halides is 1. The summed E-state index contributed by atoms with van der Waals surface area (Å²) in [6.07, 6.45) is -1.41. The van der Waals surface area contributed by atoms with Crippen LogP contribution in [0.1, 0.15) is 20.8 Å². The molecule has 0 unspecified atom stereocenters. The molecule has 2 N–H and O–H groups in total. The van der Waals surface area contributed by atoms with Crippen molar-refractivity contribution in [3.63, 3.8) is 0 Å². The van der Waals surface area contributed by atoms with Crippen molar-refractivity contribution >= 4 is 17.9 Å². The number of rotatable bonds is 5. The molecule has 1 saturated heterocycles. The second kappa shape index (κ2) is 5.91. The Bertz CT molecular complexity index is 536. The zero-order valence-corrected chi connectivity index (χ0v) is 12.5. The molecule has 2 rings (SSSR count). The molecule has 0 aromatic carbocycles. The summed E-state index contributed by atoms with van der Waals surface area (Å²) >= 11 is 0. The van der Waals surface area contributed by atoms with Crippen LogP contribution in [0.15, 0.2) is 11.6 Å². The van der Waals surface area contributed by atoms with Gasteiger partial charge >= 0.3 is 18.4 Å². The third-order valence-corrected chi connectivity index (χ3v) is 3.40. The van der Waals surface area contributed by atoms with E-state index in [1.807, 2.05) is 0 Å². The molecule has 0 spiro atoms. The number of carbonyl (C=O) groups is 3. The number of halogens is 1. The van der Waals surface area contributed by atoms with Crippen molar-refractivity contribution in [3.05, 3.63) is 11.6 Å². The molecule has 0 aromatic heterocycles. The van der Waals surface area contributed by atoms with Gasteiger partial charge in [-0.25, -0.2) is 18.8 Å². The molecule has 2 aliphatic heterocycles. The number of carbonyl (C=O) groups excluding carboxylic acids is 3.